The van der Waals surface area contributed by atoms with Gasteiger partial charge in [0.05, 0.1) is 11.8 Å². The summed E-state index contributed by atoms with van der Waals surface area (Å²) in [5, 5.41) is 12.3. The first-order chi connectivity index (χ1) is 10.9. The van der Waals surface area contributed by atoms with E-state index >= 15 is 0 Å². The van der Waals surface area contributed by atoms with E-state index in [1.165, 1.54) is 6.20 Å². The van der Waals surface area contributed by atoms with Gasteiger partial charge >= 0.3 is 6.03 Å². The lowest BCUT2D eigenvalue weighted by atomic mass is 10.2. The normalized spacial score (nSPS) is 10.5. The van der Waals surface area contributed by atoms with Gasteiger partial charge in [0.15, 0.2) is 0 Å². The topological polar surface area (TPSA) is 88.1 Å². The van der Waals surface area contributed by atoms with E-state index < -0.39 is 0 Å². The third-order valence-electron chi connectivity index (χ3n) is 3.30. The maximum absolute atomic E-state index is 12.2. The molecule has 0 atom stereocenters. The number of carbonyl (C=O) groups is 2. The summed E-state index contributed by atoms with van der Waals surface area (Å²) >= 11 is 0. The molecule has 3 amide bonds. The van der Waals surface area contributed by atoms with Gasteiger partial charge in [0.1, 0.15) is 0 Å². The van der Waals surface area contributed by atoms with Crippen molar-refractivity contribution in [3.05, 3.63) is 41.7 Å². The van der Waals surface area contributed by atoms with Crippen molar-refractivity contribution in [2.75, 3.05) is 10.6 Å². The van der Waals surface area contributed by atoms with Gasteiger partial charge in [-0.2, -0.15) is 5.10 Å². The number of benzene rings is 1. The van der Waals surface area contributed by atoms with Crippen molar-refractivity contribution in [1.82, 2.24) is 15.1 Å². The first-order valence-electron chi connectivity index (χ1n) is 7.34. The Balaban J connectivity index is 1.98. The van der Waals surface area contributed by atoms with E-state index in [9.17, 15) is 9.59 Å². The molecule has 2 aromatic rings. The molecule has 1 heterocycles. The summed E-state index contributed by atoms with van der Waals surface area (Å²) in [5.74, 6) is -0.214. The summed E-state index contributed by atoms with van der Waals surface area (Å²) in [4.78, 5) is 23.8. The van der Waals surface area contributed by atoms with Crippen LogP contribution in [-0.4, -0.2) is 27.8 Å². The Hall–Kier alpha value is -2.83. The highest BCUT2D eigenvalue weighted by atomic mass is 16.2. The van der Waals surface area contributed by atoms with Gasteiger partial charge in [0.2, 0.25) is 0 Å². The minimum atomic E-state index is -0.261. The second-order valence-electron chi connectivity index (χ2n) is 5.55. The standard InChI is InChI=1S/C16H21N5O2/c1-10(2)18-16(23)20-13-7-5-12(6-8-13)19-15(22)14-9-17-21(4)11(14)3/h5-10H,1-4H3,(H,19,22)(H2,18,20,23). The van der Waals surface area contributed by atoms with Crippen LogP contribution in [-0.2, 0) is 7.05 Å². The van der Waals surface area contributed by atoms with Gasteiger partial charge in [-0.15, -0.1) is 0 Å². The SMILES string of the molecule is Cc1c(C(=O)Nc2ccc(NC(=O)NC(C)C)cc2)cnn1C. The quantitative estimate of drug-likeness (QED) is 0.810. The van der Waals surface area contributed by atoms with Gasteiger partial charge < -0.3 is 16.0 Å². The highest BCUT2D eigenvalue weighted by Gasteiger charge is 2.13. The molecule has 0 bridgehead atoms. The van der Waals surface area contributed by atoms with Crippen molar-refractivity contribution in [3.8, 4) is 0 Å². The zero-order valence-electron chi connectivity index (χ0n) is 13.7. The van der Waals surface area contributed by atoms with E-state index in [4.69, 9.17) is 0 Å². The highest BCUT2D eigenvalue weighted by molar-refractivity contribution is 6.05. The van der Waals surface area contributed by atoms with Crippen LogP contribution in [0.1, 0.15) is 29.9 Å². The molecule has 0 unspecified atom stereocenters. The maximum atomic E-state index is 12.2. The molecule has 0 aliphatic heterocycles. The molecule has 23 heavy (non-hydrogen) atoms. The van der Waals surface area contributed by atoms with Crippen LogP contribution in [0.15, 0.2) is 30.5 Å². The van der Waals surface area contributed by atoms with Crippen LogP contribution >= 0.6 is 0 Å². The number of hydrogen-bond donors (Lipinski definition) is 3. The van der Waals surface area contributed by atoms with Crippen LogP contribution in [0.5, 0.6) is 0 Å². The van der Waals surface area contributed by atoms with E-state index in [0.29, 0.717) is 16.9 Å². The minimum absolute atomic E-state index is 0.0660. The number of urea groups is 1. The van der Waals surface area contributed by atoms with Crippen molar-refractivity contribution in [1.29, 1.82) is 0 Å². The summed E-state index contributed by atoms with van der Waals surface area (Å²) in [7, 11) is 1.79. The Bertz CT molecular complexity index is 704. The number of nitrogens with zero attached hydrogens (tertiary/aromatic N) is 2. The fourth-order valence-corrected chi connectivity index (χ4v) is 1.99. The van der Waals surface area contributed by atoms with Crippen molar-refractivity contribution in [3.63, 3.8) is 0 Å². The molecule has 7 heteroatoms. The molecular formula is C16H21N5O2. The van der Waals surface area contributed by atoms with Crippen LogP contribution in [0.25, 0.3) is 0 Å². The number of nitrogens with one attached hydrogen (secondary N) is 3. The largest absolute Gasteiger partial charge is 0.336 e. The van der Waals surface area contributed by atoms with Crippen molar-refractivity contribution in [2.24, 2.45) is 7.05 Å². The van der Waals surface area contributed by atoms with E-state index in [-0.39, 0.29) is 18.0 Å². The molecule has 0 aliphatic carbocycles. The van der Waals surface area contributed by atoms with Gasteiger partial charge in [-0.3, -0.25) is 9.48 Å². The average Bonchev–Trinajstić information content (AvgIpc) is 2.80. The number of amides is 3. The molecule has 0 radical (unpaired) electrons. The molecule has 0 saturated carbocycles. The highest BCUT2D eigenvalue weighted by Crippen LogP contribution is 2.15. The van der Waals surface area contributed by atoms with Crippen LogP contribution in [0.2, 0.25) is 0 Å². The average molecular weight is 315 g/mol. The molecule has 0 saturated heterocycles. The lowest BCUT2D eigenvalue weighted by molar-refractivity contribution is 0.102. The summed E-state index contributed by atoms with van der Waals surface area (Å²) in [5.41, 5.74) is 2.63. The zero-order valence-corrected chi connectivity index (χ0v) is 13.7. The van der Waals surface area contributed by atoms with Crippen LogP contribution in [0.4, 0.5) is 16.2 Å². The van der Waals surface area contributed by atoms with Gasteiger partial charge in [-0.05, 0) is 45.0 Å². The second-order valence-corrected chi connectivity index (χ2v) is 5.55. The van der Waals surface area contributed by atoms with E-state index in [0.717, 1.165) is 5.69 Å². The molecule has 7 nitrogen and oxygen atoms in total. The maximum Gasteiger partial charge on any atom is 0.319 e. The van der Waals surface area contributed by atoms with Crippen molar-refractivity contribution < 1.29 is 9.59 Å². The first kappa shape index (κ1) is 16.5. The van der Waals surface area contributed by atoms with Gasteiger partial charge in [-0.25, -0.2) is 4.79 Å². The zero-order chi connectivity index (χ0) is 17.0. The molecule has 2 rings (SSSR count). The van der Waals surface area contributed by atoms with Crippen LogP contribution in [0.3, 0.4) is 0 Å². The van der Waals surface area contributed by atoms with Crippen LogP contribution < -0.4 is 16.0 Å². The number of hydrogen-bond acceptors (Lipinski definition) is 3. The number of carbonyl (C=O) groups excluding carboxylic acids is 2. The molecular weight excluding hydrogens is 294 g/mol. The summed E-state index contributed by atoms with van der Waals surface area (Å²) < 4.78 is 1.65. The molecule has 0 aliphatic rings. The number of rotatable bonds is 4. The smallest absolute Gasteiger partial charge is 0.319 e. The van der Waals surface area contributed by atoms with Gasteiger partial charge in [-0.1, -0.05) is 0 Å². The Morgan fingerprint density at radius 3 is 2.13 bits per heavy atom. The number of aryl methyl sites for hydroxylation is 1. The number of aromatic nitrogens is 2. The Morgan fingerprint density at radius 1 is 1.09 bits per heavy atom. The van der Waals surface area contributed by atoms with Crippen molar-refractivity contribution in [2.45, 2.75) is 26.8 Å². The van der Waals surface area contributed by atoms with Crippen LogP contribution in [0, 0.1) is 6.92 Å². The summed E-state index contributed by atoms with van der Waals surface area (Å²) in [6.07, 6.45) is 1.54. The number of anilines is 2. The summed E-state index contributed by atoms with van der Waals surface area (Å²) in [6, 6.07) is 6.72. The molecule has 3 N–H and O–H groups in total. The third-order valence-corrected chi connectivity index (χ3v) is 3.30. The van der Waals surface area contributed by atoms with Gasteiger partial charge in [0.25, 0.3) is 5.91 Å². The Labute approximate surface area is 135 Å². The monoisotopic (exact) mass is 315 g/mol. The fraction of sp³-hybridized carbons (Fsp3) is 0.312. The van der Waals surface area contributed by atoms with E-state index in [1.54, 1.807) is 36.0 Å². The van der Waals surface area contributed by atoms with E-state index in [2.05, 4.69) is 21.0 Å². The lowest BCUT2D eigenvalue weighted by Crippen LogP contribution is -2.34. The predicted molar refractivity (Wildman–Crippen MR) is 89.6 cm³/mol. The van der Waals surface area contributed by atoms with Crippen molar-refractivity contribution >= 4 is 23.3 Å². The second kappa shape index (κ2) is 6.95. The predicted octanol–water partition coefficient (Wildman–Crippen LogP) is 2.51. The lowest BCUT2D eigenvalue weighted by Gasteiger charge is -2.11. The molecule has 0 spiro atoms. The fourth-order valence-electron chi connectivity index (χ4n) is 1.99. The minimum Gasteiger partial charge on any atom is -0.336 e. The third kappa shape index (κ3) is 4.32. The van der Waals surface area contributed by atoms with Gasteiger partial charge in [0, 0.05) is 30.2 Å². The Morgan fingerprint density at radius 2 is 1.65 bits per heavy atom. The molecule has 0 fully saturated rings. The first-order valence-corrected chi connectivity index (χ1v) is 7.34. The summed E-state index contributed by atoms with van der Waals surface area (Å²) in [6.45, 7) is 5.61. The molecule has 1 aromatic carbocycles. The van der Waals surface area contributed by atoms with E-state index in [1.807, 2.05) is 20.8 Å². The molecule has 122 valence electrons. The Kier molecular flexibility index (Phi) is 5.00. The molecule has 1 aromatic heterocycles.